The smallest absolute Gasteiger partial charge is 0.322 e. The number of hydrogen-bond donors (Lipinski definition) is 2. The first-order chi connectivity index (χ1) is 8.09. The van der Waals surface area contributed by atoms with Crippen molar-refractivity contribution in [2.24, 2.45) is 5.73 Å². The molecule has 1 heterocycles. The van der Waals surface area contributed by atoms with Crippen LogP contribution < -0.4 is 11.2 Å². The summed E-state index contributed by atoms with van der Waals surface area (Å²) in [5.74, 6) is -1.06. The van der Waals surface area contributed by atoms with E-state index in [-0.39, 0.29) is 12.0 Å². The first-order valence-electron chi connectivity index (χ1n) is 5.16. The minimum atomic E-state index is -1.06. The first-order valence-corrected chi connectivity index (χ1v) is 5.16. The molecule has 5 heteroatoms. The Kier molecular flexibility index (Phi) is 2.93. The van der Waals surface area contributed by atoms with Crippen LogP contribution in [0.4, 0.5) is 0 Å². The molecule has 1 atom stereocenters. The normalized spacial score (nSPS) is 12.5. The number of carbonyl (C=O) groups is 1. The minimum absolute atomic E-state index is 0.0826. The van der Waals surface area contributed by atoms with Gasteiger partial charge in [0, 0.05) is 24.2 Å². The van der Waals surface area contributed by atoms with E-state index in [0.717, 1.165) is 0 Å². The Morgan fingerprint density at radius 2 is 2.06 bits per heavy atom. The van der Waals surface area contributed by atoms with Gasteiger partial charge in [0.25, 0.3) is 0 Å². The Morgan fingerprint density at radius 1 is 1.35 bits per heavy atom. The topological polar surface area (TPSA) is 85.3 Å². The predicted molar refractivity (Wildman–Crippen MR) is 63.8 cm³/mol. The van der Waals surface area contributed by atoms with Crippen molar-refractivity contribution in [2.45, 2.75) is 12.6 Å². The van der Waals surface area contributed by atoms with Crippen molar-refractivity contribution in [2.75, 3.05) is 0 Å². The molecule has 2 aromatic rings. The van der Waals surface area contributed by atoms with Gasteiger partial charge in [-0.2, -0.15) is 0 Å². The molecule has 1 aromatic carbocycles. The SMILES string of the molecule is NC(Cn1ccc(=O)c2ccccc21)C(=O)O. The second-order valence-electron chi connectivity index (χ2n) is 3.79. The molecule has 0 fully saturated rings. The van der Waals surface area contributed by atoms with Crippen molar-refractivity contribution in [1.82, 2.24) is 4.57 Å². The highest BCUT2D eigenvalue weighted by Gasteiger charge is 2.12. The van der Waals surface area contributed by atoms with E-state index in [9.17, 15) is 9.59 Å². The fourth-order valence-electron chi connectivity index (χ4n) is 1.71. The number of carboxylic acid groups (broad SMARTS) is 1. The molecule has 3 N–H and O–H groups in total. The monoisotopic (exact) mass is 232 g/mol. The highest BCUT2D eigenvalue weighted by molar-refractivity contribution is 5.79. The summed E-state index contributed by atoms with van der Waals surface area (Å²) in [6, 6.07) is 7.47. The van der Waals surface area contributed by atoms with Gasteiger partial charge in [0.2, 0.25) is 0 Å². The van der Waals surface area contributed by atoms with Crippen molar-refractivity contribution in [3.63, 3.8) is 0 Å². The average Bonchev–Trinajstić information content (AvgIpc) is 2.33. The summed E-state index contributed by atoms with van der Waals surface area (Å²) in [7, 11) is 0. The molecule has 17 heavy (non-hydrogen) atoms. The molecule has 0 saturated carbocycles. The van der Waals surface area contributed by atoms with Crippen molar-refractivity contribution in [1.29, 1.82) is 0 Å². The van der Waals surface area contributed by atoms with Gasteiger partial charge in [-0.3, -0.25) is 9.59 Å². The number of benzene rings is 1. The third kappa shape index (κ3) is 2.19. The number of fused-ring (bicyclic) bond motifs is 1. The molecule has 0 saturated heterocycles. The number of aliphatic carboxylic acids is 1. The maximum Gasteiger partial charge on any atom is 0.322 e. The van der Waals surface area contributed by atoms with Crippen LogP contribution in [0.3, 0.4) is 0 Å². The number of hydrogen-bond acceptors (Lipinski definition) is 3. The number of para-hydroxylation sites is 1. The molecule has 2 rings (SSSR count). The van der Waals surface area contributed by atoms with E-state index in [1.54, 1.807) is 35.0 Å². The summed E-state index contributed by atoms with van der Waals surface area (Å²) in [5.41, 5.74) is 6.09. The Morgan fingerprint density at radius 3 is 2.76 bits per heavy atom. The number of pyridine rings is 1. The highest BCUT2D eigenvalue weighted by Crippen LogP contribution is 2.09. The summed E-state index contributed by atoms with van der Waals surface area (Å²) in [4.78, 5) is 22.3. The van der Waals surface area contributed by atoms with Gasteiger partial charge in [-0.05, 0) is 12.1 Å². The van der Waals surface area contributed by atoms with Crippen molar-refractivity contribution in [3.8, 4) is 0 Å². The predicted octanol–water partition coefficient (Wildman–Crippen LogP) is 0.413. The maximum absolute atomic E-state index is 11.6. The van der Waals surface area contributed by atoms with Crippen molar-refractivity contribution >= 4 is 16.9 Å². The van der Waals surface area contributed by atoms with Crippen LogP contribution >= 0.6 is 0 Å². The average molecular weight is 232 g/mol. The third-order valence-corrected chi connectivity index (χ3v) is 2.60. The zero-order chi connectivity index (χ0) is 12.4. The van der Waals surface area contributed by atoms with Gasteiger partial charge in [-0.15, -0.1) is 0 Å². The lowest BCUT2D eigenvalue weighted by atomic mass is 10.2. The molecule has 0 aliphatic carbocycles. The van der Waals surface area contributed by atoms with Gasteiger partial charge in [0.15, 0.2) is 5.43 Å². The summed E-state index contributed by atoms with van der Waals surface area (Å²) < 4.78 is 1.68. The van der Waals surface area contributed by atoms with Crippen molar-refractivity contribution < 1.29 is 9.90 Å². The number of aromatic nitrogens is 1. The van der Waals surface area contributed by atoms with Crippen molar-refractivity contribution in [3.05, 3.63) is 46.8 Å². The minimum Gasteiger partial charge on any atom is -0.480 e. The summed E-state index contributed by atoms with van der Waals surface area (Å²) >= 11 is 0. The lowest BCUT2D eigenvalue weighted by Gasteiger charge is -2.12. The molecule has 0 amide bonds. The van der Waals surface area contributed by atoms with Gasteiger partial charge >= 0.3 is 5.97 Å². The summed E-state index contributed by atoms with van der Waals surface area (Å²) in [6.07, 6.45) is 1.56. The molecule has 0 bridgehead atoms. The Labute approximate surface area is 97.1 Å². The Hall–Kier alpha value is -2.14. The van der Waals surface area contributed by atoms with E-state index < -0.39 is 12.0 Å². The van der Waals surface area contributed by atoms with Crippen LogP contribution in [0.2, 0.25) is 0 Å². The van der Waals surface area contributed by atoms with E-state index >= 15 is 0 Å². The quantitative estimate of drug-likeness (QED) is 0.802. The Bertz CT molecular complexity index is 618. The second kappa shape index (κ2) is 4.39. The first kappa shape index (κ1) is 11.3. The fraction of sp³-hybridized carbons (Fsp3) is 0.167. The van der Waals surface area contributed by atoms with E-state index in [2.05, 4.69) is 0 Å². The van der Waals surface area contributed by atoms with Crippen LogP contribution in [0.5, 0.6) is 0 Å². The molecule has 0 aliphatic heterocycles. The molecule has 88 valence electrons. The molecular formula is C12H12N2O3. The van der Waals surface area contributed by atoms with Crippen LogP contribution in [-0.4, -0.2) is 21.7 Å². The number of carboxylic acids is 1. The van der Waals surface area contributed by atoms with Crippen LogP contribution in [-0.2, 0) is 11.3 Å². The zero-order valence-corrected chi connectivity index (χ0v) is 9.04. The lowest BCUT2D eigenvalue weighted by Crippen LogP contribution is -2.34. The van der Waals surface area contributed by atoms with E-state index in [1.165, 1.54) is 6.07 Å². The second-order valence-corrected chi connectivity index (χ2v) is 3.79. The molecule has 0 spiro atoms. The van der Waals surface area contributed by atoms with Gasteiger partial charge in [0.05, 0.1) is 5.52 Å². The molecular weight excluding hydrogens is 220 g/mol. The molecule has 0 radical (unpaired) electrons. The molecule has 1 aromatic heterocycles. The van der Waals surface area contributed by atoms with E-state index in [4.69, 9.17) is 10.8 Å². The standard InChI is InChI=1S/C12H12N2O3/c13-9(12(16)17)7-14-6-5-11(15)8-3-1-2-4-10(8)14/h1-6,9H,7,13H2,(H,16,17). The number of nitrogens with zero attached hydrogens (tertiary/aromatic N) is 1. The molecule has 0 aliphatic rings. The van der Waals surface area contributed by atoms with E-state index in [0.29, 0.717) is 10.9 Å². The zero-order valence-electron chi connectivity index (χ0n) is 9.04. The lowest BCUT2D eigenvalue weighted by molar-refractivity contribution is -0.138. The summed E-state index contributed by atoms with van der Waals surface area (Å²) in [5, 5.41) is 9.33. The van der Waals surface area contributed by atoms with Crippen LogP contribution in [0.15, 0.2) is 41.3 Å². The van der Waals surface area contributed by atoms with Crippen LogP contribution in [0, 0.1) is 0 Å². The van der Waals surface area contributed by atoms with E-state index in [1.807, 2.05) is 0 Å². The Balaban J connectivity index is 2.52. The molecule has 5 nitrogen and oxygen atoms in total. The van der Waals surface area contributed by atoms with Crippen LogP contribution in [0.1, 0.15) is 0 Å². The van der Waals surface area contributed by atoms with Gasteiger partial charge in [-0.1, -0.05) is 12.1 Å². The van der Waals surface area contributed by atoms with Gasteiger partial charge in [-0.25, -0.2) is 0 Å². The van der Waals surface area contributed by atoms with Gasteiger partial charge in [0.1, 0.15) is 6.04 Å². The summed E-state index contributed by atoms with van der Waals surface area (Å²) in [6.45, 7) is 0.135. The van der Waals surface area contributed by atoms with Crippen LogP contribution in [0.25, 0.3) is 10.9 Å². The maximum atomic E-state index is 11.6. The highest BCUT2D eigenvalue weighted by atomic mass is 16.4. The third-order valence-electron chi connectivity index (χ3n) is 2.60. The number of rotatable bonds is 3. The molecule has 1 unspecified atom stereocenters. The van der Waals surface area contributed by atoms with Gasteiger partial charge < -0.3 is 15.4 Å². The number of nitrogens with two attached hydrogens (primary N) is 1. The largest absolute Gasteiger partial charge is 0.480 e. The fourth-order valence-corrected chi connectivity index (χ4v) is 1.71.